The van der Waals surface area contributed by atoms with E-state index < -0.39 is 0 Å². The van der Waals surface area contributed by atoms with Crippen LogP contribution < -0.4 is 11.1 Å². The lowest BCUT2D eigenvalue weighted by Gasteiger charge is -2.18. The zero-order valence-electron chi connectivity index (χ0n) is 13.3. The molecule has 4 heteroatoms. The van der Waals surface area contributed by atoms with Crippen LogP contribution >= 0.6 is 23.2 Å². The normalized spacial score (nSPS) is 12.5. The predicted octanol–water partition coefficient (Wildman–Crippen LogP) is 4.81. The topological polar surface area (TPSA) is 38.0 Å². The summed E-state index contributed by atoms with van der Waals surface area (Å²) in [5, 5.41) is 7.22. The van der Waals surface area contributed by atoms with Crippen LogP contribution in [0.25, 0.3) is 10.8 Å². The third-order valence-corrected chi connectivity index (χ3v) is 4.95. The first-order valence-electron chi connectivity index (χ1n) is 8.01. The van der Waals surface area contributed by atoms with Gasteiger partial charge >= 0.3 is 0 Å². The molecule has 0 spiro atoms. The Kier molecular flexibility index (Phi) is 5.75. The molecule has 24 heavy (non-hydrogen) atoms. The lowest BCUT2D eigenvalue weighted by atomic mass is 9.98. The van der Waals surface area contributed by atoms with Gasteiger partial charge in [-0.3, -0.25) is 0 Å². The first-order chi connectivity index (χ1) is 11.7. The molecule has 3 aromatic carbocycles. The van der Waals surface area contributed by atoms with Crippen LogP contribution in [0, 0.1) is 0 Å². The Morgan fingerprint density at radius 2 is 1.71 bits per heavy atom. The number of halogens is 2. The van der Waals surface area contributed by atoms with Crippen molar-refractivity contribution < 1.29 is 0 Å². The van der Waals surface area contributed by atoms with Gasteiger partial charge in [-0.25, -0.2) is 0 Å². The van der Waals surface area contributed by atoms with E-state index in [2.05, 4.69) is 47.8 Å². The van der Waals surface area contributed by atoms with Crippen LogP contribution in [0.15, 0.2) is 60.7 Å². The summed E-state index contributed by atoms with van der Waals surface area (Å²) in [5.74, 6) is 0. The van der Waals surface area contributed by atoms with Gasteiger partial charge in [-0.1, -0.05) is 71.7 Å². The molecule has 3 N–H and O–H groups in total. The molecule has 0 aliphatic carbocycles. The lowest BCUT2D eigenvalue weighted by molar-refractivity contribution is 0.517. The molecule has 0 bridgehead atoms. The molecule has 3 aromatic rings. The van der Waals surface area contributed by atoms with Gasteiger partial charge in [-0.2, -0.15) is 0 Å². The standard InChI is InChI=1S/C20H20Cl2N2/c21-19-9-8-14(10-20(19)22)13-24-17(12-23)11-16-6-3-5-15-4-1-2-7-18(15)16/h1-10,17,24H,11-13,23H2. The van der Waals surface area contributed by atoms with Crippen LogP contribution in [0.3, 0.4) is 0 Å². The number of nitrogens with two attached hydrogens (primary N) is 1. The molecule has 0 fully saturated rings. The molecule has 0 aliphatic heterocycles. The Labute approximate surface area is 152 Å². The van der Waals surface area contributed by atoms with Gasteiger partial charge in [0.05, 0.1) is 10.0 Å². The van der Waals surface area contributed by atoms with Crippen molar-refractivity contribution in [1.82, 2.24) is 5.32 Å². The van der Waals surface area contributed by atoms with Gasteiger partial charge in [0.15, 0.2) is 0 Å². The van der Waals surface area contributed by atoms with Crippen molar-refractivity contribution in [2.24, 2.45) is 5.73 Å². The molecule has 0 aromatic heterocycles. The van der Waals surface area contributed by atoms with E-state index in [1.807, 2.05) is 18.2 Å². The molecule has 2 nitrogen and oxygen atoms in total. The second-order valence-corrected chi connectivity index (χ2v) is 6.72. The molecular formula is C20H20Cl2N2. The van der Waals surface area contributed by atoms with Crippen LogP contribution in [0.1, 0.15) is 11.1 Å². The van der Waals surface area contributed by atoms with Crippen molar-refractivity contribution in [3.05, 3.63) is 81.8 Å². The van der Waals surface area contributed by atoms with Gasteiger partial charge in [-0.15, -0.1) is 0 Å². The SMILES string of the molecule is NCC(Cc1cccc2ccccc12)NCc1ccc(Cl)c(Cl)c1. The maximum absolute atomic E-state index is 6.07. The van der Waals surface area contributed by atoms with Crippen molar-refractivity contribution in [2.75, 3.05) is 6.54 Å². The third kappa shape index (κ3) is 4.08. The van der Waals surface area contributed by atoms with E-state index in [0.717, 1.165) is 12.0 Å². The average Bonchev–Trinajstić information content (AvgIpc) is 2.61. The number of nitrogens with one attached hydrogen (secondary N) is 1. The highest BCUT2D eigenvalue weighted by molar-refractivity contribution is 6.42. The smallest absolute Gasteiger partial charge is 0.0595 e. The number of hydrogen-bond acceptors (Lipinski definition) is 2. The Bertz CT molecular complexity index is 827. The fraction of sp³-hybridized carbons (Fsp3) is 0.200. The van der Waals surface area contributed by atoms with Gasteiger partial charge in [-0.05, 0) is 40.5 Å². The van der Waals surface area contributed by atoms with Crippen LogP contribution in [-0.2, 0) is 13.0 Å². The van der Waals surface area contributed by atoms with Crippen molar-refractivity contribution in [2.45, 2.75) is 19.0 Å². The summed E-state index contributed by atoms with van der Waals surface area (Å²) in [5.41, 5.74) is 8.38. The molecule has 124 valence electrons. The molecular weight excluding hydrogens is 339 g/mol. The first-order valence-corrected chi connectivity index (χ1v) is 8.77. The van der Waals surface area contributed by atoms with E-state index in [1.54, 1.807) is 0 Å². The van der Waals surface area contributed by atoms with Crippen molar-refractivity contribution >= 4 is 34.0 Å². The van der Waals surface area contributed by atoms with Crippen LogP contribution in [-0.4, -0.2) is 12.6 Å². The fourth-order valence-electron chi connectivity index (χ4n) is 2.89. The van der Waals surface area contributed by atoms with Gasteiger partial charge < -0.3 is 11.1 Å². The van der Waals surface area contributed by atoms with E-state index in [-0.39, 0.29) is 6.04 Å². The second kappa shape index (κ2) is 8.00. The summed E-state index contributed by atoms with van der Waals surface area (Å²) < 4.78 is 0. The van der Waals surface area contributed by atoms with Crippen molar-refractivity contribution in [3.8, 4) is 0 Å². The second-order valence-electron chi connectivity index (χ2n) is 5.90. The zero-order valence-corrected chi connectivity index (χ0v) is 14.8. The number of hydrogen-bond donors (Lipinski definition) is 2. The fourth-order valence-corrected chi connectivity index (χ4v) is 3.21. The highest BCUT2D eigenvalue weighted by Gasteiger charge is 2.10. The molecule has 0 aliphatic rings. The lowest BCUT2D eigenvalue weighted by Crippen LogP contribution is -2.37. The van der Waals surface area contributed by atoms with E-state index >= 15 is 0 Å². The summed E-state index contributed by atoms with van der Waals surface area (Å²) >= 11 is 12.0. The van der Waals surface area contributed by atoms with E-state index in [0.29, 0.717) is 23.1 Å². The predicted molar refractivity (Wildman–Crippen MR) is 104 cm³/mol. The van der Waals surface area contributed by atoms with E-state index in [1.165, 1.54) is 16.3 Å². The Balaban J connectivity index is 1.71. The third-order valence-electron chi connectivity index (χ3n) is 4.21. The molecule has 3 rings (SSSR count). The Morgan fingerprint density at radius 1 is 0.917 bits per heavy atom. The molecule has 1 atom stereocenters. The Morgan fingerprint density at radius 3 is 2.50 bits per heavy atom. The maximum atomic E-state index is 6.07. The zero-order chi connectivity index (χ0) is 16.9. The summed E-state index contributed by atoms with van der Waals surface area (Å²) in [6.45, 7) is 1.29. The van der Waals surface area contributed by atoms with Gasteiger partial charge in [0.25, 0.3) is 0 Å². The van der Waals surface area contributed by atoms with Gasteiger partial charge in [0.1, 0.15) is 0 Å². The monoisotopic (exact) mass is 358 g/mol. The highest BCUT2D eigenvalue weighted by Crippen LogP contribution is 2.23. The van der Waals surface area contributed by atoms with Gasteiger partial charge in [0.2, 0.25) is 0 Å². The maximum Gasteiger partial charge on any atom is 0.0595 e. The largest absolute Gasteiger partial charge is 0.329 e. The summed E-state index contributed by atoms with van der Waals surface area (Å²) in [4.78, 5) is 0. The molecule has 0 saturated carbocycles. The number of benzene rings is 3. The van der Waals surface area contributed by atoms with E-state index in [9.17, 15) is 0 Å². The minimum absolute atomic E-state index is 0.199. The van der Waals surface area contributed by atoms with Crippen molar-refractivity contribution in [1.29, 1.82) is 0 Å². The van der Waals surface area contributed by atoms with Crippen LogP contribution in [0.4, 0.5) is 0 Å². The first kappa shape index (κ1) is 17.2. The van der Waals surface area contributed by atoms with Crippen molar-refractivity contribution in [3.63, 3.8) is 0 Å². The summed E-state index contributed by atoms with van der Waals surface area (Å²) in [6.07, 6.45) is 0.888. The highest BCUT2D eigenvalue weighted by atomic mass is 35.5. The summed E-state index contributed by atoms with van der Waals surface area (Å²) in [6, 6.07) is 20.7. The van der Waals surface area contributed by atoms with Crippen LogP contribution in [0.2, 0.25) is 10.0 Å². The minimum atomic E-state index is 0.199. The van der Waals surface area contributed by atoms with Gasteiger partial charge in [0, 0.05) is 19.1 Å². The minimum Gasteiger partial charge on any atom is -0.329 e. The Hall–Kier alpha value is -1.58. The molecule has 0 heterocycles. The van der Waals surface area contributed by atoms with Crippen LogP contribution in [0.5, 0.6) is 0 Å². The average molecular weight is 359 g/mol. The number of rotatable bonds is 6. The molecule has 0 radical (unpaired) electrons. The quantitative estimate of drug-likeness (QED) is 0.663. The molecule has 0 amide bonds. The van der Waals surface area contributed by atoms with E-state index in [4.69, 9.17) is 28.9 Å². The molecule has 0 saturated heterocycles. The summed E-state index contributed by atoms with van der Waals surface area (Å²) in [7, 11) is 0. The molecule has 1 unspecified atom stereocenters. The number of fused-ring (bicyclic) bond motifs is 1.